The molecule has 0 aromatic heterocycles. The molecule has 0 spiro atoms. The Balaban J connectivity index is 1.72. The van der Waals surface area contributed by atoms with Crippen LogP contribution in [-0.2, 0) is 9.59 Å². The summed E-state index contributed by atoms with van der Waals surface area (Å²) in [5.74, 6) is -0.987. The fourth-order valence-corrected chi connectivity index (χ4v) is 3.55. The molecule has 3 rings (SSSR count). The Kier molecular flexibility index (Phi) is 5.66. The van der Waals surface area contributed by atoms with E-state index in [-0.39, 0.29) is 11.4 Å². The molecule has 26 heavy (non-hydrogen) atoms. The van der Waals surface area contributed by atoms with Gasteiger partial charge in [-0.25, -0.2) is 0 Å². The second kappa shape index (κ2) is 7.95. The van der Waals surface area contributed by atoms with Crippen LogP contribution in [0.5, 0.6) is 0 Å². The molecule has 132 valence electrons. The first-order chi connectivity index (χ1) is 12.4. The zero-order valence-corrected chi connectivity index (χ0v) is 15.6. The highest BCUT2D eigenvalue weighted by Gasteiger charge is 2.36. The normalized spacial score (nSPS) is 15.6. The minimum absolute atomic E-state index is 0.201. The number of carbonyl (C=O) groups is 3. The predicted molar refractivity (Wildman–Crippen MR) is 104 cm³/mol. The fourth-order valence-electron chi connectivity index (χ4n) is 2.26. The Hall–Kier alpha value is -2.28. The highest BCUT2D eigenvalue weighted by atomic mass is 35.5. The van der Waals surface area contributed by atoms with E-state index in [2.05, 4.69) is 5.32 Å². The van der Waals surface area contributed by atoms with Crippen molar-refractivity contribution in [1.82, 2.24) is 4.90 Å². The molecule has 1 N–H and O–H groups in total. The van der Waals surface area contributed by atoms with Crippen molar-refractivity contribution in [3.05, 3.63) is 69.0 Å². The molecular formula is C18H12Cl2N2O3S. The van der Waals surface area contributed by atoms with Crippen LogP contribution in [-0.4, -0.2) is 28.5 Å². The summed E-state index contributed by atoms with van der Waals surface area (Å²) in [5.41, 5.74) is 1.16. The van der Waals surface area contributed by atoms with Crippen molar-refractivity contribution < 1.29 is 14.4 Å². The van der Waals surface area contributed by atoms with E-state index >= 15 is 0 Å². The van der Waals surface area contributed by atoms with Crippen LogP contribution in [0.25, 0.3) is 6.08 Å². The predicted octanol–water partition coefficient (Wildman–Crippen LogP) is 4.67. The van der Waals surface area contributed by atoms with Crippen LogP contribution in [0.2, 0.25) is 10.0 Å². The van der Waals surface area contributed by atoms with E-state index in [1.54, 1.807) is 42.5 Å². The van der Waals surface area contributed by atoms with Gasteiger partial charge in [0.2, 0.25) is 5.91 Å². The van der Waals surface area contributed by atoms with Crippen LogP contribution in [0.3, 0.4) is 0 Å². The fraction of sp³-hybridized carbons (Fsp3) is 0.0556. The monoisotopic (exact) mass is 406 g/mol. The average molecular weight is 407 g/mol. The van der Waals surface area contributed by atoms with Gasteiger partial charge >= 0.3 is 0 Å². The molecule has 0 radical (unpaired) electrons. The van der Waals surface area contributed by atoms with Gasteiger partial charge in [-0.2, -0.15) is 0 Å². The summed E-state index contributed by atoms with van der Waals surface area (Å²) in [6.07, 6.45) is 1.51. The summed E-state index contributed by atoms with van der Waals surface area (Å²) in [4.78, 5) is 37.8. The van der Waals surface area contributed by atoms with Gasteiger partial charge in [0.05, 0.1) is 4.91 Å². The zero-order valence-electron chi connectivity index (χ0n) is 13.2. The third-order valence-corrected chi connectivity index (χ3v) is 4.95. The van der Waals surface area contributed by atoms with Gasteiger partial charge in [0.15, 0.2) is 0 Å². The molecule has 3 amide bonds. The van der Waals surface area contributed by atoms with Crippen molar-refractivity contribution in [2.24, 2.45) is 0 Å². The van der Waals surface area contributed by atoms with Crippen molar-refractivity contribution in [3.8, 4) is 0 Å². The lowest BCUT2D eigenvalue weighted by molar-refractivity contribution is -0.127. The summed E-state index contributed by atoms with van der Waals surface area (Å²) in [5, 5.41) is 2.97. The number of para-hydroxylation sites is 1. The molecule has 5 nitrogen and oxygen atoms in total. The van der Waals surface area contributed by atoms with E-state index in [0.717, 1.165) is 16.7 Å². The number of rotatable bonds is 4. The van der Waals surface area contributed by atoms with Gasteiger partial charge in [0, 0.05) is 15.7 Å². The Labute approximate surface area is 164 Å². The maximum absolute atomic E-state index is 12.5. The van der Waals surface area contributed by atoms with E-state index in [4.69, 9.17) is 23.2 Å². The van der Waals surface area contributed by atoms with Crippen molar-refractivity contribution >= 4 is 63.8 Å². The minimum Gasteiger partial charge on any atom is -0.325 e. The molecule has 0 aliphatic carbocycles. The van der Waals surface area contributed by atoms with Crippen LogP contribution < -0.4 is 5.32 Å². The second-order valence-corrected chi connectivity index (χ2v) is 7.18. The van der Waals surface area contributed by atoms with Gasteiger partial charge in [-0.15, -0.1) is 0 Å². The number of nitrogens with zero attached hydrogens (tertiary/aromatic N) is 1. The minimum atomic E-state index is -0.533. The number of hydrogen-bond donors (Lipinski definition) is 1. The summed E-state index contributed by atoms with van der Waals surface area (Å²) in [6, 6.07) is 13.6. The molecule has 1 saturated heterocycles. The number of carbonyl (C=O) groups excluding carboxylic acids is 3. The molecule has 1 heterocycles. The van der Waals surface area contributed by atoms with E-state index in [0.29, 0.717) is 21.3 Å². The molecule has 1 aliphatic rings. The second-order valence-electron chi connectivity index (χ2n) is 5.35. The number of nitrogens with one attached hydrogen (secondary N) is 1. The van der Waals surface area contributed by atoms with Crippen LogP contribution >= 0.6 is 35.0 Å². The number of amides is 3. The Morgan fingerprint density at radius 1 is 1.12 bits per heavy atom. The Morgan fingerprint density at radius 3 is 2.54 bits per heavy atom. The van der Waals surface area contributed by atoms with Gasteiger partial charge in [0.25, 0.3) is 11.1 Å². The first-order valence-electron chi connectivity index (χ1n) is 7.49. The maximum atomic E-state index is 12.5. The van der Waals surface area contributed by atoms with Gasteiger partial charge in [-0.1, -0.05) is 47.5 Å². The average Bonchev–Trinajstić information content (AvgIpc) is 2.86. The van der Waals surface area contributed by atoms with E-state index in [9.17, 15) is 14.4 Å². The molecule has 0 atom stereocenters. The van der Waals surface area contributed by atoms with Gasteiger partial charge in [0.1, 0.15) is 6.54 Å². The summed E-state index contributed by atoms with van der Waals surface area (Å²) >= 11 is 12.7. The van der Waals surface area contributed by atoms with Crippen molar-refractivity contribution in [2.45, 2.75) is 0 Å². The molecule has 0 bridgehead atoms. The first-order valence-corrected chi connectivity index (χ1v) is 9.06. The lowest BCUT2D eigenvalue weighted by Crippen LogP contribution is -2.36. The highest BCUT2D eigenvalue weighted by molar-refractivity contribution is 8.18. The third kappa shape index (κ3) is 4.27. The standard InChI is InChI=1S/C18H12Cl2N2O3S/c19-12-7-6-11(14(20)9-12)8-15-17(24)22(18(25)26-15)10-16(23)21-13-4-2-1-3-5-13/h1-9H,10H2,(H,21,23)/b15-8-. The molecular weight excluding hydrogens is 395 g/mol. The summed E-state index contributed by atoms with van der Waals surface area (Å²) < 4.78 is 0. The lowest BCUT2D eigenvalue weighted by Gasteiger charge is -2.12. The number of halogens is 2. The van der Waals surface area contributed by atoms with Crippen molar-refractivity contribution in [2.75, 3.05) is 11.9 Å². The number of anilines is 1. The molecule has 0 saturated carbocycles. The summed E-state index contributed by atoms with van der Waals surface area (Å²) in [6.45, 7) is -0.356. The smallest absolute Gasteiger partial charge is 0.294 e. The highest BCUT2D eigenvalue weighted by Crippen LogP contribution is 2.33. The van der Waals surface area contributed by atoms with Crippen LogP contribution in [0.4, 0.5) is 10.5 Å². The number of benzene rings is 2. The topological polar surface area (TPSA) is 66.5 Å². The molecule has 2 aromatic carbocycles. The van der Waals surface area contributed by atoms with Crippen LogP contribution in [0.15, 0.2) is 53.4 Å². The van der Waals surface area contributed by atoms with Crippen molar-refractivity contribution in [3.63, 3.8) is 0 Å². The van der Waals surface area contributed by atoms with Gasteiger partial charge in [-0.05, 0) is 47.7 Å². The Morgan fingerprint density at radius 2 is 1.85 bits per heavy atom. The van der Waals surface area contributed by atoms with Crippen LogP contribution in [0, 0.1) is 0 Å². The molecule has 1 aliphatic heterocycles. The Bertz CT molecular complexity index is 916. The maximum Gasteiger partial charge on any atom is 0.294 e. The third-order valence-electron chi connectivity index (χ3n) is 3.48. The van der Waals surface area contributed by atoms with Crippen LogP contribution in [0.1, 0.15) is 5.56 Å². The van der Waals surface area contributed by atoms with Crippen molar-refractivity contribution in [1.29, 1.82) is 0 Å². The number of thioether (sulfide) groups is 1. The van der Waals surface area contributed by atoms with E-state index < -0.39 is 17.1 Å². The zero-order chi connectivity index (χ0) is 18.7. The largest absolute Gasteiger partial charge is 0.325 e. The van der Waals surface area contributed by atoms with Gasteiger partial charge in [-0.3, -0.25) is 19.3 Å². The summed E-state index contributed by atoms with van der Waals surface area (Å²) in [7, 11) is 0. The molecule has 8 heteroatoms. The first kappa shape index (κ1) is 18.5. The molecule has 0 unspecified atom stereocenters. The van der Waals surface area contributed by atoms with E-state index in [1.165, 1.54) is 6.08 Å². The van der Waals surface area contributed by atoms with E-state index in [1.807, 2.05) is 6.07 Å². The lowest BCUT2D eigenvalue weighted by atomic mass is 10.2. The molecule has 1 fully saturated rings. The number of hydrogen-bond acceptors (Lipinski definition) is 4. The number of imide groups is 1. The van der Waals surface area contributed by atoms with Gasteiger partial charge < -0.3 is 5.32 Å². The quantitative estimate of drug-likeness (QED) is 0.749. The SMILES string of the molecule is O=C(CN1C(=O)S/C(=C\c2ccc(Cl)cc2Cl)C1=O)Nc1ccccc1. The molecule has 2 aromatic rings.